The maximum absolute atomic E-state index is 12.9. The van der Waals surface area contributed by atoms with E-state index in [0.29, 0.717) is 17.7 Å². The highest BCUT2D eigenvalue weighted by Crippen LogP contribution is 2.40. The number of nitrogens with one attached hydrogen (secondary N) is 2. The van der Waals surface area contributed by atoms with Crippen LogP contribution in [-0.4, -0.2) is 52.5 Å². The predicted molar refractivity (Wildman–Crippen MR) is 123 cm³/mol. The Morgan fingerprint density at radius 1 is 1.18 bits per heavy atom. The first-order chi connectivity index (χ1) is 15.8. The molecule has 0 bridgehead atoms. The van der Waals surface area contributed by atoms with E-state index in [-0.39, 0.29) is 42.3 Å². The summed E-state index contributed by atoms with van der Waals surface area (Å²) < 4.78 is 11.7. The Hall–Kier alpha value is -3.10. The Morgan fingerprint density at radius 2 is 1.91 bits per heavy atom. The van der Waals surface area contributed by atoms with Gasteiger partial charge in [-0.25, -0.2) is 4.79 Å². The van der Waals surface area contributed by atoms with Crippen LogP contribution in [0.4, 0.5) is 4.79 Å². The summed E-state index contributed by atoms with van der Waals surface area (Å²) in [6, 6.07) is 4.44. The first kappa shape index (κ1) is 24.0. The molecule has 2 N–H and O–H groups in total. The van der Waals surface area contributed by atoms with Crippen molar-refractivity contribution in [2.45, 2.75) is 90.6 Å². The number of benzene rings is 1. The van der Waals surface area contributed by atoms with Gasteiger partial charge in [0.25, 0.3) is 5.91 Å². The van der Waals surface area contributed by atoms with Crippen LogP contribution in [0.5, 0.6) is 5.75 Å². The van der Waals surface area contributed by atoms with Crippen LogP contribution in [0.1, 0.15) is 76.2 Å². The molecule has 1 saturated carbocycles. The maximum atomic E-state index is 12.9. The van der Waals surface area contributed by atoms with E-state index in [2.05, 4.69) is 24.5 Å². The summed E-state index contributed by atoms with van der Waals surface area (Å²) >= 11 is 0. The normalized spacial score (nSPS) is 26.2. The molecule has 1 aromatic rings. The van der Waals surface area contributed by atoms with Gasteiger partial charge in [0.05, 0.1) is 6.04 Å². The quantitative estimate of drug-likeness (QED) is 0.653. The number of hydrogen-bond donors (Lipinski definition) is 2. The topological polar surface area (TPSA) is 114 Å². The van der Waals surface area contributed by atoms with Crippen molar-refractivity contribution in [2.75, 3.05) is 0 Å². The summed E-state index contributed by atoms with van der Waals surface area (Å²) in [7, 11) is 0. The number of amides is 4. The van der Waals surface area contributed by atoms with Crippen LogP contribution < -0.4 is 15.4 Å². The molecular weight excluding hydrogens is 438 g/mol. The number of imide groups is 1. The molecular formula is C25H33N3O6. The second kappa shape index (κ2) is 8.60. The number of rotatable bonds is 4. The van der Waals surface area contributed by atoms with Crippen LogP contribution in [0.3, 0.4) is 0 Å². The molecule has 1 unspecified atom stereocenters. The Labute approximate surface area is 199 Å². The number of fused-ring (bicyclic) bond motifs is 1. The SMILES string of the molecule is CC1(C)C[C@H](NC(=O)OC(C)(C)C)[C@@H](Oc2ccc3c(c2)CN(C2CCC(=O)NC2=O)C3=O)C1. The monoisotopic (exact) mass is 471 g/mol. The van der Waals surface area contributed by atoms with E-state index in [0.717, 1.165) is 18.4 Å². The summed E-state index contributed by atoms with van der Waals surface area (Å²) in [5, 5.41) is 5.27. The van der Waals surface area contributed by atoms with Gasteiger partial charge in [-0.15, -0.1) is 0 Å². The molecule has 0 radical (unpaired) electrons. The van der Waals surface area contributed by atoms with Gasteiger partial charge >= 0.3 is 6.09 Å². The van der Waals surface area contributed by atoms with Gasteiger partial charge in [0.1, 0.15) is 23.5 Å². The molecule has 2 aliphatic heterocycles. The van der Waals surface area contributed by atoms with Crippen molar-refractivity contribution in [2.24, 2.45) is 5.41 Å². The van der Waals surface area contributed by atoms with Crippen molar-refractivity contribution < 1.29 is 28.7 Å². The molecule has 3 aliphatic rings. The summed E-state index contributed by atoms with van der Waals surface area (Å²) in [6.45, 7) is 10.0. The number of carbonyl (C=O) groups excluding carboxylic acids is 4. The van der Waals surface area contributed by atoms with Crippen molar-refractivity contribution in [1.82, 2.24) is 15.5 Å². The molecule has 1 aliphatic carbocycles. The zero-order chi connectivity index (χ0) is 24.8. The molecule has 34 heavy (non-hydrogen) atoms. The molecule has 9 nitrogen and oxygen atoms in total. The fraction of sp³-hybridized carbons (Fsp3) is 0.600. The number of nitrogens with zero attached hydrogens (tertiary/aromatic N) is 1. The molecule has 9 heteroatoms. The minimum Gasteiger partial charge on any atom is -0.488 e. The zero-order valence-corrected chi connectivity index (χ0v) is 20.4. The Bertz CT molecular complexity index is 1030. The lowest BCUT2D eigenvalue weighted by molar-refractivity contribution is -0.136. The molecule has 2 heterocycles. The van der Waals surface area contributed by atoms with Crippen LogP contribution in [-0.2, 0) is 20.9 Å². The van der Waals surface area contributed by atoms with Crippen LogP contribution >= 0.6 is 0 Å². The van der Waals surface area contributed by atoms with Gasteiger partial charge in [-0.1, -0.05) is 13.8 Å². The lowest BCUT2D eigenvalue weighted by atomic mass is 9.91. The zero-order valence-electron chi connectivity index (χ0n) is 20.4. The van der Waals surface area contributed by atoms with Gasteiger partial charge in [0.15, 0.2) is 0 Å². The minimum absolute atomic E-state index is 0.0143. The molecule has 4 rings (SSSR count). The third kappa shape index (κ3) is 5.18. The fourth-order valence-electron chi connectivity index (χ4n) is 5.02. The molecule has 184 valence electrons. The average Bonchev–Trinajstić information content (AvgIpc) is 3.15. The van der Waals surface area contributed by atoms with Gasteiger partial charge in [-0.05, 0) is 69.2 Å². The van der Waals surface area contributed by atoms with E-state index in [1.54, 1.807) is 12.1 Å². The Morgan fingerprint density at radius 3 is 2.59 bits per heavy atom. The van der Waals surface area contributed by atoms with Gasteiger partial charge in [0, 0.05) is 18.5 Å². The first-order valence-electron chi connectivity index (χ1n) is 11.8. The summed E-state index contributed by atoms with van der Waals surface area (Å²) in [5.41, 5.74) is 0.711. The Balaban J connectivity index is 1.46. The third-order valence-corrected chi connectivity index (χ3v) is 6.46. The number of ether oxygens (including phenoxy) is 2. The smallest absolute Gasteiger partial charge is 0.408 e. The molecule has 0 spiro atoms. The highest BCUT2D eigenvalue weighted by molar-refractivity contribution is 6.05. The predicted octanol–water partition coefficient (Wildman–Crippen LogP) is 2.91. The number of carbonyl (C=O) groups is 4. The van der Waals surface area contributed by atoms with Crippen molar-refractivity contribution in [3.05, 3.63) is 29.3 Å². The highest BCUT2D eigenvalue weighted by atomic mass is 16.6. The summed E-state index contributed by atoms with van der Waals surface area (Å²) in [5.74, 6) is -0.355. The van der Waals surface area contributed by atoms with Crippen LogP contribution in [0.15, 0.2) is 18.2 Å². The summed E-state index contributed by atoms with van der Waals surface area (Å²) in [4.78, 5) is 50.5. The molecule has 1 saturated heterocycles. The Kier molecular flexibility index (Phi) is 6.08. The summed E-state index contributed by atoms with van der Waals surface area (Å²) in [6.07, 6.45) is 1.33. The van der Waals surface area contributed by atoms with E-state index in [1.165, 1.54) is 4.90 Å². The fourth-order valence-corrected chi connectivity index (χ4v) is 5.02. The van der Waals surface area contributed by atoms with E-state index in [9.17, 15) is 19.2 Å². The molecule has 3 atom stereocenters. The van der Waals surface area contributed by atoms with Crippen LogP contribution in [0.25, 0.3) is 0 Å². The second-order valence-electron chi connectivity index (χ2n) is 11.2. The van der Waals surface area contributed by atoms with Gasteiger partial charge in [-0.3, -0.25) is 19.7 Å². The lowest BCUT2D eigenvalue weighted by Crippen LogP contribution is -2.52. The van der Waals surface area contributed by atoms with Crippen LogP contribution in [0.2, 0.25) is 0 Å². The molecule has 4 amide bonds. The molecule has 0 aromatic heterocycles. The molecule has 1 aromatic carbocycles. The van der Waals surface area contributed by atoms with E-state index < -0.39 is 23.6 Å². The van der Waals surface area contributed by atoms with Crippen molar-refractivity contribution in [3.8, 4) is 5.75 Å². The van der Waals surface area contributed by atoms with Crippen LogP contribution in [0, 0.1) is 5.41 Å². The average molecular weight is 472 g/mol. The number of hydrogen-bond acceptors (Lipinski definition) is 6. The minimum atomic E-state index is -0.653. The lowest BCUT2D eigenvalue weighted by Gasteiger charge is -2.29. The van der Waals surface area contributed by atoms with Crippen molar-refractivity contribution in [1.29, 1.82) is 0 Å². The van der Waals surface area contributed by atoms with Gasteiger partial charge < -0.3 is 19.7 Å². The number of piperidine rings is 1. The van der Waals surface area contributed by atoms with Gasteiger partial charge in [-0.2, -0.15) is 0 Å². The third-order valence-electron chi connectivity index (χ3n) is 6.46. The first-order valence-corrected chi connectivity index (χ1v) is 11.8. The van der Waals surface area contributed by atoms with Crippen molar-refractivity contribution in [3.63, 3.8) is 0 Å². The van der Waals surface area contributed by atoms with E-state index in [4.69, 9.17) is 9.47 Å². The number of alkyl carbamates (subject to hydrolysis) is 1. The van der Waals surface area contributed by atoms with E-state index >= 15 is 0 Å². The second-order valence-corrected chi connectivity index (χ2v) is 11.2. The highest BCUT2D eigenvalue weighted by Gasteiger charge is 2.43. The van der Waals surface area contributed by atoms with Crippen molar-refractivity contribution >= 4 is 23.8 Å². The maximum Gasteiger partial charge on any atom is 0.408 e. The molecule has 2 fully saturated rings. The van der Waals surface area contributed by atoms with Gasteiger partial charge in [0.2, 0.25) is 11.8 Å². The van der Waals surface area contributed by atoms with E-state index in [1.807, 2.05) is 26.8 Å². The largest absolute Gasteiger partial charge is 0.488 e. The standard InChI is InChI=1S/C25H33N3O6/c1-24(2,3)34-23(32)26-17-11-25(4,5)12-19(17)33-15-6-7-16-14(10-15)13-28(22(16)31)18-8-9-20(29)27-21(18)30/h6-7,10,17-19H,8-9,11-13H2,1-5H3,(H,26,32)(H,27,29,30)/t17-,18?,19-/m0/s1.